The van der Waals surface area contributed by atoms with Crippen LogP contribution in [0.1, 0.15) is 40.5 Å². The molecule has 4 nitrogen and oxygen atoms in total. The van der Waals surface area contributed by atoms with E-state index in [9.17, 15) is 4.79 Å². The number of likely N-dealkylation sites (N-methyl/N-ethyl adjacent to an activating group) is 1. The Bertz CT molecular complexity index is 206. The molecule has 0 aromatic rings. The van der Waals surface area contributed by atoms with Gasteiger partial charge in [-0.25, -0.2) is 0 Å². The molecular formula is C14H30N2O2. The molecule has 4 heteroatoms. The summed E-state index contributed by atoms with van der Waals surface area (Å²) in [5.74, 6) is -0.0820. The van der Waals surface area contributed by atoms with Gasteiger partial charge in [0.15, 0.2) is 0 Å². The van der Waals surface area contributed by atoms with Crippen molar-refractivity contribution in [1.82, 2.24) is 9.80 Å². The van der Waals surface area contributed by atoms with E-state index in [1.165, 1.54) is 0 Å². The Hall–Kier alpha value is -0.610. The molecule has 0 bridgehead atoms. The summed E-state index contributed by atoms with van der Waals surface area (Å²) >= 11 is 0. The van der Waals surface area contributed by atoms with Crippen LogP contribution in [0.5, 0.6) is 0 Å². The largest absolute Gasteiger partial charge is 0.466 e. The predicted octanol–water partition coefficient (Wildman–Crippen LogP) is 1.99. The van der Waals surface area contributed by atoms with Gasteiger partial charge in [-0.15, -0.1) is 0 Å². The topological polar surface area (TPSA) is 32.8 Å². The average Bonchev–Trinajstić information content (AvgIpc) is 2.37. The summed E-state index contributed by atoms with van der Waals surface area (Å²) in [4.78, 5) is 16.1. The first-order valence-corrected chi connectivity index (χ1v) is 7.28. The second-order valence-electron chi connectivity index (χ2n) is 4.42. The second-order valence-corrected chi connectivity index (χ2v) is 4.42. The molecule has 0 N–H and O–H groups in total. The van der Waals surface area contributed by atoms with Crippen LogP contribution in [0.3, 0.4) is 0 Å². The Morgan fingerprint density at radius 2 is 1.50 bits per heavy atom. The van der Waals surface area contributed by atoms with E-state index >= 15 is 0 Å². The van der Waals surface area contributed by atoms with E-state index in [-0.39, 0.29) is 5.97 Å². The minimum absolute atomic E-state index is 0.0820. The van der Waals surface area contributed by atoms with Crippen molar-refractivity contribution in [2.24, 2.45) is 0 Å². The molecule has 0 unspecified atom stereocenters. The molecular weight excluding hydrogens is 228 g/mol. The van der Waals surface area contributed by atoms with Crippen molar-refractivity contribution in [3.63, 3.8) is 0 Å². The van der Waals surface area contributed by atoms with Crippen LogP contribution in [0, 0.1) is 0 Å². The van der Waals surface area contributed by atoms with E-state index in [1.54, 1.807) is 0 Å². The Kier molecular flexibility index (Phi) is 11.1. The average molecular weight is 258 g/mol. The molecule has 0 spiro atoms. The first kappa shape index (κ1) is 17.4. The van der Waals surface area contributed by atoms with Crippen molar-refractivity contribution in [2.45, 2.75) is 40.5 Å². The fourth-order valence-electron chi connectivity index (χ4n) is 1.96. The maximum absolute atomic E-state index is 11.3. The van der Waals surface area contributed by atoms with Gasteiger partial charge in [0, 0.05) is 19.6 Å². The van der Waals surface area contributed by atoms with Crippen molar-refractivity contribution in [2.75, 3.05) is 45.9 Å². The number of hydrogen-bond donors (Lipinski definition) is 0. The zero-order valence-electron chi connectivity index (χ0n) is 12.6. The normalized spacial score (nSPS) is 11.2. The van der Waals surface area contributed by atoms with Gasteiger partial charge in [-0.3, -0.25) is 4.79 Å². The molecule has 0 atom stereocenters. The molecule has 0 saturated carbocycles. The summed E-state index contributed by atoms with van der Waals surface area (Å²) in [7, 11) is 0. The van der Waals surface area contributed by atoms with Gasteiger partial charge >= 0.3 is 5.97 Å². The third kappa shape index (κ3) is 8.48. The van der Waals surface area contributed by atoms with Gasteiger partial charge < -0.3 is 14.5 Å². The molecule has 0 amide bonds. The highest BCUT2D eigenvalue weighted by atomic mass is 16.5. The van der Waals surface area contributed by atoms with E-state index in [4.69, 9.17) is 4.74 Å². The lowest BCUT2D eigenvalue weighted by molar-refractivity contribution is -0.143. The summed E-state index contributed by atoms with van der Waals surface area (Å²) in [6.45, 7) is 15.0. The fourth-order valence-corrected chi connectivity index (χ4v) is 1.96. The third-order valence-corrected chi connectivity index (χ3v) is 3.10. The molecule has 0 aliphatic heterocycles. The van der Waals surface area contributed by atoms with Crippen LogP contribution in [-0.2, 0) is 9.53 Å². The second kappa shape index (κ2) is 11.5. The highest BCUT2D eigenvalue weighted by Gasteiger charge is 2.09. The third-order valence-electron chi connectivity index (χ3n) is 3.10. The van der Waals surface area contributed by atoms with Crippen LogP contribution in [0.4, 0.5) is 0 Å². The summed E-state index contributed by atoms with van der Waals surface area (Å²) in [5, 5.41) is 0. The molecule has 0 radical (unpaired) electrons. The summed E-state index contributed by atoms with van der Waals surface area (Å²) < 4.78 is 4.96. The van der Waals surface area contributed by atoms with Crippen molar-refractivity contribution in [3.8, 4) is 0 Å². The Labute approximate surface area is 112 Å². The number of carbonyl (C=O) groups excluding carboxylic acids is 1. The van der Waals surface area contributed by atoms with E-state index < -0.39 is 0 Å². The highest BCUT2D eigenvalue weighted by molar-refractivity contribution is 5.69. The summed E-state index contributed by atoms with van der Waals surface area (Å²) in [5.41, 5.74) is 0. The van der Waals surface area contributed by atoms with Gasteiger partial charge in [0.25, 0.3) is 0 Å². The highest BCUT2D eigenvalue weighted by Crippen LogP contribution is 1.98. The van der Waals surface area contributed by atoms with E-state index in [0.29, 0.717) is 13.0 Å². The number of carbonyl (C=O) groups is 1. The zero-order chi connectivity index (χ0) is 13.8. The number of ether oxygens (including phenoxy) is 1. The SMILES string of the molecule is CCCN(CCC(=O)OCC)CCN(CC)CC. The van der Waals surface area contributed by atoms with Gasteiger partial charge in [-0.2, -0.15) is 0 Å². The molecule has 0 saturated heterocycles. The molecule has 0 aromatic carbocycles. The predicted molar refractivity (Wildman–Crippen MR) is 75.8 cm³/mol. The molecule has 108 valence electrons. The van der Waals surface area contributed by atoms with Crippen LogP contribution in [0.15, 0.2) is 0 Å². The van der Waals surface area contributed by atoms with Crippen LogP contribution in [0.2, 0.25) is 0 Å². The van der Waals surface area contributed by atoms with Crippen LogP contribution in [-0.4, -0.2) is 61.6 Å². The molecule has 0 heterocycles. The van der Waals surface area contributed by atoms with Gasteiger partial charge in [-0.05, 0) is 33.0 Å². The van der Waals surface area contributed by atoms with Gasteiger partial charge in [0.2, 0.25) is 0 Å². The van der Waals surface area contributed by atoms with E-state index in [2.05, 4.69) is 30.6 Å². The molecule has 0 aliphatic carbocycles. The Morgan fingerprint density at radius 1 is 0.889 bits per heavy atom. The Balaban J connectivity index is 3.94. The maximum atomic E-state index is 11.3. The number of hydrogen-bond acceptors (Lipinski definition) is 4. The number of nitrogens with zero attached hydrogens (tertiary/aromatic N) is 2. The minimum Gasteiger partial charge on any atom is -0.466 e. The smallest absolute Gasteiger partial charge is 0.307 e. The van der Waals surface area contributed by atoms with Crippen molar-refractivity contribution >= 4 is 5.97 Å². The summed E-state index contributed by atoms with van der Waals surface area (Å²) in [6.07, 6.45) is 1.63. The van der Waals surface area contributed by atoms with Crippen molar-refractivity contribution in [3.05, 3.63) is 0 Å². The first-order chi connectivity index (χ1) is 8.67. The zero-order valence-corrected chi connectivity index (χ0v) is 12.6. The number of rotatable bonds is 11. The number of esters is 1. The van der Waals surface area contributed by atoms with Crippen molar-refractivity contribution < 1.29 is 9.53 Å². The van der Waals surface area contributed by atoms with Crippen LogP contribution in [0.25, 0.3) is 0 Å². The fraction of sp³-hybridized carbons (Fsp3) is 0.929. The quantitative estimate of drug-likeness (QED) is 0.531. The van der Waals surface area contributed by atoms with Gasteiger partial charge in [0.1, 0.15) is 0 Å². The lowest BCUT2D eigenvalue weighted by atomic mass is 10.3. The molecule has 0 fully saturated rings. The van der Waals surface area contributed by atoms with E-state index in [0.717, 1.165) is 45.7 Å². The molecule has 18 heavy (non-hydrogen) atoms. The lowest BCUT2D eigenvalue weighted by Crippen LogP contribution is -2.36. The first-order valence-electron chi connectivity index (χ1n) is 7.28. The minimum atomic E-state index is -0.0820. The van der Waals surface area contributed by atoms with Crippen LogP contribution >= 0.6 is 0 Å². The van der Waals surface area contributed by atoms with E-state index in [1.807, 2.05) is 6.92 Å². The molecule has 0 aliphatic rings. The summed E-state index contributed by atoms with van der Waals surface area (Å²) in [6, 6.07) is 0. The standard InChI is InChI=1S/C14H30N2O2/c1-5-10-16(11-9-14(17)18-8-4)13-12-15(6-2)7-3/h5-13H2,1-4H3. The van der Waals surface area contributed by atoms with Gasteiger partial charge in [-0.1, -0.05) is 20.8 Å². The van der Waals surface area contributed by atoms with Crippen molar-refractivity contribution in [1.29, 1.82) is 0 Å². The van der Waals surface area contributed by atoms with Gasteiger partial charge in [0.05, 0.1) is 13.0 Å². The maximum Gasteiger partial charge on any atom is 0.307 e. The molecule has 0 aromatic heterocycles. The Morgan fingerprint density at radius 3 is 2.00 bits per heavy atom. The van der Waals surface area contributed by atoms with Crippen LogP contribution < -0.4 is 0 Å². The molecule has 0 rings (SSSR count). The monoisotopic (exact) mass is 258 g/mol. The lowest BCUT2D eigenvalue weighted by Gasteiger charge is -2.25.